The van der Waals surface area contributed by atoms with Crippen molar-refractivity contribution in [3.8, 4) is 11.5 Å². The lowest BCUT2D eigenvalue weighted by atomic mass is 10.0. The van der Waals surface area contributed by atoms with Crippen molar-refractivity contribution in [1.82, 2.24) is 4.90 Å². The van der Waals surface area contributed by atoms with Gasteiger partial charge >= 0.3 is 17.9 Å². The first-order valence-corrected chi connectivity index (χ1v) is 11.7. The van der Waals surface area contributed by atoms with E-state index in [0.717, 1.165) is 11.1 Å². The number of rotatable bonds is 6. The van der Waals surface area contributed by atoms with E-state index in [0.29, 0.717) is 35.4 Å². The average Bonchev–Trinajstić information content (AvgIpc) is 3.06. The topological polar surface area (TPSA) is 136 Å². The van der Waals surface area contributed by atoms with Gasteiger partial charge in [-0.3, -0.25) is 19.3 Å². The van der Waals surface area contributed by atoms with Crippen LogP contribution in [0.4, 0.5) is 0 Å². The Balaban J connectivity index is 1.53. The normalized spacial score (nSPS) is 22.8. The number of likely N-dealkylation sites (N-methyl/N-ethyl adjacent to an activating group) is 1. The van der Waals surface area contributed by atoms with Crippen LogP contribution in [0, 0.1) is 0 Å². The SMILES string of the molecule is CC(=O)Oc1cc2c(cc1OC(C)=O)C[N+](C)(C/C=C/C1=C(C(=O)O)N3C(=O)C(N)[C@H]3SC1)C2. The van der Waals surface area contributed by atoms with Crippen LogP contribution in [-0.2, 0) is 32.3 Å². The number of fused-ring (bicyclic) bond motifs is 2. The van der Waals surface area contributed by atoms with Gasteiger partial charge in [0.15, 0.2) is 11.5 Å². The minimum atomic E-state index is -1.14. The first kappa shape index (κ1) is 24.0. The number of benzene rings is 1. The molecule has 3 aliphatic rings. The van der Waals surface area contributed by atoms with Crippen LogP contribution >= 0.6 is 11.8 Å². The zero-order valence-corrected chi connectivity index (χ0v) is 19.9. The number of nitrogens with zero attached hydrogens (tertiary/aromatic N) is 2. The van der Waals surface area contributed by atoms with Crippen molar-refractivity contribution in [2.45, 2.75) is 38.4 Å². The van der Waals surface area contributed by atoms with Crippen LogP contribution in [0.5, 0.6) is 11.5 Å². The summed E-state index contributed by atoms with van der Waals surface area (Å²) in [6.45, 7) is 4.45. The molecule has 34 heavy (non-hydrogen) atoms. The van der Waals surface area contributed by atoms with Crippen LogP contribution in [0.25, 0.3) is 0 Å². The van der Waals surface area contributed by atoms with Gasteiger partial charge in [0.2, 0.25) is 5.91 Å². The quantitative estimate of drug-likeness (QED) is 0.261. The summed E-state index contributed by atoms with van der Waals surface area (Å²) in [7, 11) is 2.05. The second kappa shape index (κ2) is 8.90. The summed E-state index contributed by atoms with van der Waals surface area (Å²) in [5.74, 6) is -1.67. The smallest absolute Gasteiger partial charge is 0.352 e. The number of thioether (sulfide) groups is 1. The van der Waals surface area contributed by atoms with E-state index < -0.39 is 23.9 Å². The summed E-state index contributed by atoms with van der Waals surface area (Å²) in [6.07, 6.45) is 3.68. The minimum Gasteiger partial charge on any atom is -0.477 e. The molecule has 3 heterocycles. The fourth-order valence-electron chi connectivity index (χ4n) is 4.53. The number of carbonyl (C=O) groups is 4. The lowest BCUT2D eigenvalue weighted by Crippen LogP contribution is -2.68. The zero-order chi connectivity index (χ0) is 24.8. The molecule has 11 heteroatoms. The van der Waals surface area contributed by atoms with Gasteiger partial charge in [-0.1, -0.05) is 6.08 Å². The molecule has 0 bridgehead atoms. The number of esters is 2. The first-order valence-electron chi connectivity index (χ1n) is 10.7. The number of hydrogen-bond acceptors (Lipinski definition) is 8. The van der Waals surface area contributed by atoms with Gasteiger partial charge in [0.25, 0.3) is 0 Å². The fraction of sp³-hybridized carbons (Fsp3) is 0.391. The summed E-state index contributed by atoms with van der Waals surface area (Å²) in [5.41, 5.74) is 8.32. The molecule has 3 aliphatic heterocycles. The van der Waals surface area contributed by atoms with Crippen LogP contribution in [-0.4, -0.2) is 69.1 Å². The molecule has 0 aliphatic carbocycles. The summed E-state index contributed by atoms with van der Waals surface area (Å²) in [6, 6.07) is 2.79. The standard InChI is InChI=1S/C23H25N3O7S/c1-12(27)32-17-7-15-9-26(3,10-16(15)8-18(17)33-13(2)28)6-4-5-14-11-34-22-19(24)21(29)25(22)20(14)23(30)31/h4-5,7-8,19,22H,6,9-11,24H2,1-3H3/p+1/b5-4+/t19?,22-/m1/s1. The van der Waals surface area contributed by atoms with Crippen LogP contribution < -0.4 is 15.2 Å². The summed E-state index contributed by atoms with van der Waals surface area (Å²) >= 11 is 1.46. The molecule has 1 saturated heterocycles. The van der Waals surface area contributed by atoms with Gasteiger partial charge in [-0.2, -0.15) is 0 Å². The molecule has 2 atom stereocenters. The average molecular weight is 489 g/mol. The lowest BCUT2D eigenvalue weighted by molar-refractivity contribution is -0.923. The summed E-state index contributed by atoms with van der Waals surface area (Å²) in [5, 5.41) is 9.35. The Morgan fingerprint density at radius 1 is 1.18 bits per heavy atom. The molecule has 0 aromatic heterocycles. The number of carboxylic acid groups (broad SMARTS) is 1. The number of nitrogens with two attached hydrogens (primary N) is 1. The van der Waals surface area contributed by atoms with Crippen molar-refractivity contribution in [3.05, 3.63) is 46.7 Å². The van der Waals surface area contributed by atoms with Crippen LogP contribution in [0.15, 0.2) is 35.6 Å². The molecule has 0 spiro atoms. The number of hydrogen-bond donors (Lipinski definition) is 2. The molecule has 10 nitrogen and oxygen atoms in total. The Kier molecular flexibility index (Phi) is 6.28. The number of quaternary nitrogens is 1. The van der Waals surface area contributed by atoms with Crippen LogP contribution in [0.3, 0.4) is 0 Å². The van der Waals surface area contributed by atoms with E-state index >= 15 is 0 Å². The lowest BCUT2D eigenvalue weighted by Gasteiger charge is -2.47. The van der Waals surface area contributed by atoms with E-state index in [1.165, 1.54) is 30.5 Å². The predicted octanol–water partition coefficient (Wildman–Crippen LogP) is 1.13. The molecule has 0 saturated carbocycles. The predicted molar refractivity (Wildman–Crippen MR) is 122 cm³/mol. The van der Waals surface area contributed by atoms with Crippen molar-refractivity contribution < 1.29 is 38.2 Å². The Labute approximate surface area is 200 Å². The third-order valence-corrected chi connectivity index (χ3v) is 7.31. The highest BCUT2D eigenvalue weighted by Gasteiger charge is 2.51. The van der Waals surface area contributed by atoms with Crippen LogP contribution in [0.1, 0.15) is 25.0 Å². The molecule has 1 unspecified atom stereocenters. The van der Waals surface area contributed by atoms with E-state index in [4.69, 9.17) is 15.2 Å². The highest BCUT2D eigenvalue weighted by molar-refractivity contribution is 8.00. The van der Waals surface area contributed by atoms with Gasteiger partial charge in [0.05, 0.1) is 13.6 Å². The highest BCUT2D eigenvalue weighted by Crippen LogP contribution is 2.40. The minimum absolute atomic E-state index is 0.00360. The fourth-order valence-corrected chi connectivity index (χ4v) is 5.80. The van der Waals surface area contributed by atoms with Gasteiger partial charge in [0, 0.05) is 30.7 Å². The monoisotopic (exact) mass is 488 g/mol. The van der Waals surface area contributed by atoms with E-state index in [1.807, 2.05) is 6.08 Å². The second-order valence-corrected chi connectivity index (χ2v) is 10.00. The molecule has 1 fully saturated rings. The van der Waals surface area contributed by atoms with Gasteiger partial charge < -0.3 is 24.8 Å². The largest absolute Gasteiger partial charge is 0.477 e. The number of β-lactam (4-membered cyclic amide) rings is 1. The molecule has 1 aromatic carbocycles. The van der Waals surface area contributed by atoms with Crippen molar-refractivity contribution in [2.75, 3.05) is 19.3 Å². The Hall–Kier alpha value is -3.15. The van der Waals surface area contributed by atoms with Gasteiger partial charge in [-0.15, -0.1) is 11.8 Å². The van der Waals surface area contributed by atoms with Crippen LogP contribution in [0.2, 0.25) is 0 Å². The number of amides is 1. The van der Waals surface area contributed by atoms with Crippen molar-refractivity contribution in [1.29, 1.82) is 0 Å². The molecule has 0 radical (unpaired) electrons. The molecule has 3 N–H and O–H groups in total. The number of carbonyl (C=O) groups excluding carboxylic acids is 3. The Morgan fingerprint density at radius 2 is 1.74 bits per heavy atom. The molecule has 1 aromatic rings. The van der Waals surface area contributed by atoms with Crippen molar-refractivity contribution in [3.63, 3.8) is 0 Å². The van der Waals surface area contributed by atoms with Crippen molar-refractivity contribution in [2.24, 2.45) is 5.73 Å². The Bertz CT molecular complexity index is 1110. The molecule has 180 valence electrons. The molecule has 4 rings (SSSR count). The number of aliphatic carboxylic acids is 1. The molecular formula is C23H26N3O7S+. The maximum absolute atomic E-state index is 12.1. The Morgan fingerprint density at radius 3 is 2.24 bits per heavy atom. The first-order chi connectivity index (χ1) is 16.0. The highest BCUT2D eigenvalue weighted by atomic mass is 32.2. The van der Waals surface area contributed by atoms with E-state index in [2.05, 4.69) is 7.05 Å². The van der Waals surface area contributed by atoms with Gasteiger partial charge in [0.1, 0.15) is 30.2 Å². The summed E-state index contributed by atoms with van der Waals surface area (Å²) in [4.78, 5) is 48.2. The summed E-state index contributed by atoms with van der Waals surface area (Å²) < 4.78 is 11.1. The van der Waals surface area contributed by atoms with Gasteiger partial charge in [-0.25, -0.2) is 4.79 Å². The second-order valence-electron chi connectivity index (χ2n) is 8.89. The third-order valence-electron chi connectivity index (χ3n) is 5.98. The number of ether oxygens (including phenoxy) is 2. The third kappa shape index (κ3) is 4.46. The van der Waals surface area contributed by atoms with Gasteiger partial charge in [-0.05, 0) is 23.8 Å². The number of carboxylic acids is 1. The molecular weight excluding hydrogens is 462 g/mol. The molecule has 1 amide bonds. The van der Waals surface area contributed by atoms with E-state index in [-0.39, 0.29) is 28.5 Å². The maximum Gasteiger partial charge on any atom is 0.352 e. The zero-order valence-electron chi connectivity index (χ0n) is 19.1. The van der Waals surface area contributed by atoms with Crippen molar-refractivity contribution >= 4 is 35.6 Å². The van der Waals surface area contributed by atoms with E-state index in [9.17, 15) is 24.3 Å². The number of allylic oxidation sites excluding steroid dienone is 1. The maximum atomic E-state index is 12.1. The van der Waals surface area contributed by atoms with E-state index in [1.54, 1.807) is 18.2 Å².